The zero-order valence-electron chi connectivity index (χ0n) is 17.8. The highest BCUT2D eigenvalue weighted by Gasteiger charge is 2.29. The first-order chi connectivity index (χ1) is 12.8. The first kappa shape index (κ1) is 25.2. The van der Waals surface area contributed by atoms with E-state index in [4.69, 9.17) is 25.8 Å². The van der Waals surface area contributed by atoms with Crippen LogP contribution < -0.4 is 10.1 Å². The van der Waals surface area contributed by atoms with Crippen molar-refractivity contribution in [2.24, 2.45) is 5.41 Å². The Morgan fingerprint density at radius 3 is 2.43 bits per heavy atom. The number of carbonyl (C=O) groups is 1. The van der Waals surface area contributed by atoms with Crippen molar-refractivity contribution >= 4 is 40.3 Å². The molecule has 0 fully saturated rings. The van der Waals surface area contributed by atoms with Gasteiger partial charge in [0.05, 0.1) is 6.61 Å². The van der Waals surface area contributed by atoms with Crippen LogP contribution in [0.3, 0.4) is 0 Å². The number of nitrogens with zero attached hydrogens (tertiary/aromatic N) is 1. The van der Waals surface area contributed by atoms with Gasteiger partial charge < -0.3 is 19.5 Å². The van der Waals surface area contributed by atoms with Crippen LogP contribution in [0.15, 0.2) is 6.07 Å². The summed E-state index contributed by atoms with van der Waals surface area (Å²) in [5.41, 5.74) is 0.230. The van der Waals surface area contributed by atoms with E-state index in [1.807, 2.05) is 26.8 Å². The number of methoxy groups -OCH3 is 1. The minimum Gasteiger partial charge on any atom is -0.490 e. The molecule has 0 saturated carbocycles. The Morgan fingerprint density at radius 1 is 1.25 bits per heavy atom. The number of aromatic nitrogens is 1. The molecule has 1 amide bonds. The van der Waals surface area contributed by atoms with E-state index in [1.165, 1.54) is 0 Å². The standard InChI is InChI=1S/C20H32ClIN2O4/c1-19(2,3)15(23-18(25)28-20(4,5)6)12-13-11-14(16(21)24-17(13)22)27-10-8-9-26-7/h11,15H,8-10,12H2,1-7H3,(H,23,25). The Bertz CT molecular complexity index is 657. The van der Waals surface area contributed by atoms with Gasteiger partial charge in [-0.2, -0.15) is 0 Å². The Hall–Kier alpha value is -0.800. The van der Waals surface area contributed by atoms with Crippen LogP contribution in [0.1, 0.15) is 53.5 Å². The van der Waals surface area contributed by atoms with Crippen molar-refractivity contribution < 1.29 is 19.0 Å². The fourth-order valence-electron chi connectivity index (χ4n) is 2.36. The fourth-order valence-corrected chi connectivity index (χ4v) is 3.32. The first-order valence-corrected chi connectivity index (χ1v) is 10.8. The van der Waals surface area contributed by atoms with E-state index in [9.17, 15) is 4.79 Å². The molecular weight excluding hydrogens is 495 g/mol. The van der Waals surface area contributed by atoms with Crippen molar-refractivity contribution in [3.8, 4) is 5.75 Å². The van der Waals surface area contributed by atoms with Gasteiger partial charge in [0, 0.05) is 26.2 Å². The summed E-state index contributed by atoms with van der Waals surface area (Å²) >= 11 is 8.39. The number of amides is 1. The van der Waals surface area contributed by atoms with Crippen molar-refractivity contribution in [2.75, 3.05) is 20.3 Å². The van der Waals surface area contributed by atoms with Crippen molar-refractivity contribution in [1.29, 1.82) is 0 Å². The topological polar surface area (TPSA) is 69.7 Å². The molecule has 28 heavy (non-hydrogen) atoms. The Kier molecular flexibility index (Phi) is 9.76. The number of alkyl carbamates (subject to hydrolysis) is 1. The highest BCUT2D eigenvalue weighted by Crippen LogP contribution is 2.30. The molecule has 0 aromatic carbocycles. The van der Waals surface area contributed by atoms with E-state index in [1.54, 1.807) is 7.11 Å². The molecule has 8 heteroatoms. The van der Waals surface area contributed by atoms with Gasteiger partial charge in [0.15, 0.2) is 10.9 Å². The average molecular weight is 527 g/mol. The van der Waals surface area contributed by atoms with E-state index < -0.39 is 11.7 Å². The van der Waals surface area contributed by atoms with Crippen molar-refractivity contribution in [2.45, 2.75) is 66.0 Å². The normalized spacial score (nSPS) is 13.2. The van der Waals surface area contributed by atoms with Crippen LogP contribution in [0, 0.1) is 9.12 Å². The van der Waals surface area contributed by atoms with Crippen LogP contribution in [-0.2, 0) is 15.9 Å². The lowest BCUT2D eigenvalue weighted by atomic mass is 9.83. The molecule has 1 N–H and O–H groups in total. The van der Waals surface area contributed by atoms with Crippen LogP contribution >= 0.6 is 34.2 Å². The molecule has 0 saturated heterocycles. The monoisotopic (exact) mass is 526 g/mol. The van der Waals surface area contributed by atoms with E-state index >= 15 is 0 Å². The molecule has 1 heterocycles. The molecule has 1 aromatic rings. The van der Waals surface area contributed by atoms with Gasteiger partial charge in [0.1, 0.15) is 9.30 Å². The molecule has 0 bridgehead atoms. The SMILES string of the molecule is COCCCOc1cc(CC(NC(=O)OC(C)(C)C)C(C)(C)C)c(I)nc1Cl. The van der Waals surface area contributed by atoms with Crippen molar-refractivity contribution in [3.05, 3.63) is 20.5 Å². The van der Waals surface area contributed by atoms with Gasteiger partial charge in [0.2, 0.25) is 0 Å². The molecule has 0 aliphatic carbocycles. The van der Waals surface area contributed by atoms with E-state index in [0.29, 0.717) is 30.5 Å². The molecule has 0 spiro atoms. The Labute approximate surface area is 187 Å². The summed E-state index contributed by atoms with van der Waals surface area (Å²) in [6.45, 7) is 12.9. The fraction of sp³-hybridized carbons (Fsp3) is 0.700. The molecule has 0 aliphatic heterocycles. The highest BCUT2D eigenvalue weighted by atomic mass is 127. The molecule has 1 rings (SSSR count). The van der Waals surface area contributed by atoms with Gasteiger partial charge in [-0.1, -0.05) is 32.4 Å². The smallest absolute Gasteiger partial charge is 0.407 e. The quantitative estimate of drug-likeness (QED) is 0.285. The van der Waals surface area contributed by atoms with Crippen LogP contribution in [0.2, 0.25) is 5.15 Å². The van der Waals surface area contributed by atoms with E-state index in [2.05, 4.69) is 53.7 Å². The summed E-state index contributed by atoms with van der Waals surface area (Å²) in [6, 6.07) is 1.75. The number of carbonyl (C=O) groups excluding carboxylic acids is 1. The van der Waals surface area contributed by atoms with Gasteiger partial charge in [-0.3, -0.25) is 0 Å². The van der Waals surface area contributed by atoms with Crippen LogP contribution in [0.5, 0.6) is 5.75 Å². The molecule has 0 radical (unpaired) electrons. The van der Waals surface area contributed by atoms with Crippen LogP contribution in [0.25, 0.3) is 0 Å². The van der Waals surface area contributed by atoms with E-state index in [0.717, 1.165) is 15.7 Å². The maximum Gasteiger partial charge on any atom is 0.407 e. The van der Waals surface area contributed by atoms with Gasteiger partial charge in [-0.25, -0.2) is 9.78 Å². The lowest BCUT2D eigenvalue weighted by molar-refractivity contribution is 0.0464. The first-order valence-electron chi connectivity index (χ1n) is 9.29. The van der Waals surface area contributed by atoms with Gasteiger partial charge >= 0.3 is 6.09 Å². The molecule has 6 nitrogen and oxygen atoms in total. The summed E-state index contributed by atoms with van der Waals surface area (Å²) in [6.07, 6.45) is 0.916. The minimum absolute atomic E-state index is 0.153. The van der Waals surface area contributed by atoms with Crippen molar-refractivity contribution in [1.82, 2.24) is 10.3 Å². The average Bonchev–Trinajstić information content (AvgIpc) is 2.51. The summed E-state index contributed by atoms with van der Waals surface area (Å²) in [7, 11) is 1.65. The zero-order chi connectivity index (χ0) is 21.5. The number of pyridine rings is 1. The predicted molar refractivity (Wildman–Crippen MR) is 120 cm³/mol. The number of ether oxygens (including phenoxy) is 3. The lowest BCUT2D eigenvalue weighted by Gasteiger charge is -2.32. The molecule has 0 aliphatic rings. The largest absolute Gasteiger partial charge is 0.490 e. The maximum atomic E-state index is 12.3. The molecule has 160 valence electrons. The number of hydrogen-bond donors (Lipinski definition) is 1. The second-order valence-electron chi connectivity index (χ2n) is 8.69. The molecule has 1 aromatic heterocycles. The second-order valence-corrected chi connectivity index (χ2v) is 10.1. The third-order valence-corrected chi connectivity index (χ3v) is 5.09. The molecular formula is C20H32ClIN2O4. The van der Waals surface area contributed by atoms with Gasteiger partial charge in [-0.05, 0) is 66.8 Å². The summed E-state index contributed by atoms with van der Waals surface area (Å²) < 4.78 is 17.0. The predicted octanol–water partition coefficient (Wildman–Crippen LogP) is 5.24. The van der Waals surface area contributed by atoms with Gasteiger partial charge in [0.25, 0.3) is 0 Å². The zero-order valence-corrected chi connectivity index (χ0v) is 20.7. The Balaban J connectivity index is 2.97. The maximum absolute atomic E-state index is 12.3. The summed E-state index contributed by atoms with van der Waals surface area (Å²) in [4.78, 5) is 16.7. The van der Waals surface area contributed by atoms with E-state index in [-0.39, 0.29) is 11.5 Å². The molecule has 1 unspecified atom stereocenters. The highest BCUT2D eigenvalue weighted by molar-refractivity contribution is 14.1. The lowest BCUT2D eigenvalue weighted by Crippen LogP contribution is -2.47. The second kappa shape index (κ2) is 10.8. The third kappa shape index (κ3) is 9.13. The number of halogens is 2. The third-order valence-electron chi connectivity index (χ3n) is 3.88. The number of rotatable bonds is 8. The summed E-state index contributed by atoms with van der Waals surface area (Å²) in [5.74, 6) is 0.540. The van der Waals surface area contributed by atoms with Gasteiger partial charge in [-0.15, -0.1) is 0 Å². The molecule has 1 atom stereocenters. The Morgan fingerprint density at radius 2 is 1.89 bits per heavy atom. The number of nitrogens with one attached hydrogen (secondary N) is 1. The van der Waals surface area contributed by atoms with Crippen molar-refractivity contribution in [3.63, 3.8) is 0 Å². The number of hydrogen-bond acceptors (Lipinski definition) is 5. The summed E-state index contributed by atoms with van der Waals surface area (Å²) in [5, 5.41) is 3.33. The van der Waals surface area contributed by atoms with Crippen LogP contribution in [0.4, 0.5) is 4.79 Å². The van der Waals surface area contributed by atoms with Crippen LogP contribution in [-0.4, -0.2) is 43.0 Å². The minimum atomic E-state index is -0.550.